The number of halogens is 2. The summed E-state index contributed by atoms with van der Waals surface area (Å²) in [5.41, 5.74) is 8.39. The number of rotatable bonds is 2. The highest BCUT2D eigenvalue weighted by Gasteiger charge is 2.36. The number of carbonyl (C=O) groups excluding carboxylic acids is 1. The van der Waals surface area contributed by atoms with Gasteiger partial charge < -0.3 is 10.6 Å². The summed E-state index contributed by atoms with van der Waals surface area (Å²) in [6.45, 7) is 2.47. The van der Waals surface area contributed by atoms with Crippen LogP contribution in [-0.2, 0) is 17.8 Å². The number of nitrogen functional groups attached to an aromatic ring is 1. The lowest BCUT2D eigenvalue weighted by Gasteiger charge is -2.31. The number of fused-ring (bicyclic) bond motifs is 1. The molecule has 1 amide bonds. The lowest BCUT2D eigenvalue weighted by molar-refractivity contribution is -0.133. The van der Waals surface area contributed by atoms with Crippen molar-refractivity contribution in [3.63, 3.8) is 0 Å². The molecule has 2 N–H and O–H groups in total. The molecule has 2 aliphatic rings. The van der Waals surface area contributed by atoms with Gasteiger partial charge in [-0.1, -0.05) is 17.7 Å². The molecule has 1 aromatic heterocycles. The maximum atomic E-state index is 15.0. The van der Waals surface area contributed by atoms with Gasteiger partial charge in [-0.25, -0.2) is 9.37 Å². The number of nitriles is 1. The van der Waals surface area contributed by atoms with E-state index in [1.54, 1.807) is 24.0 Å². The predicted molar refractivity (Wildman–Crippen MR) is 100 cm³/mol. The first-order chi connectivity index (χ1) is 12.9. The van der Waals surface area contributed by atoms with Crippen LogP contribution in [0.15, 0.2) is 12.1 Å². The highest BCUT2D eigenvalue weighted by Crippen LogP contribution is 2.41. The number of benzene rings is 1. The zero-order valence-electron chi connectivity index (χ0n) is 14.9. The molecule has 0 unspecified atom stereocenters. The fourth-order valence-electron chi connectivity index (χ4n) is 3.63. The lowest BCUT2D eigenvalue weighted by Crippen LogP contribution is -2.37. The largest absolute Gasteiger partial charge is 0.383 e. The first-order valence-corrected chi connectivity index (χ1v) is 9.25. The van der Waals surface area contributed by atoms with Gasteiger partial charge in [-0.15, -0.1) is 0 Å². The van der Waals surface area contributed by atoms with Crippen LogP contribution in [0.3, 0.4) is 0 Å². The van der Waals surface area contributed by atoms with Crippen LogP contribution in [0.2, 0.25) is 5.02 Å². The van der Waals surface area contributed by atoms with Crippen molar-refractivity contribution in [1.82, 2.24) is 9.88 Å². The van der Waals surface area contributed by atoms with E-state index in [0.29, 0.717) is 35.3 Å². The molecule has 27 heavy (non-hydrogen) atoms. The first kappa shape index (κ1) is 17.7. The fourth-order valence-corrected chi connectivity index (χ4v) is 3.87. The number of aryl methyl sites for hydroxylation is 1. The molecule has 2 aromatic rings. The third-order valence-electron chi connectivity index (χ3n) is 5.26. The van der Waals surface area contributed by atoms with Gasteiger partial charge in [-0.2, -0.15) is 5.26 Å². The average Bonchev–Trinajstić information content (AvgIpc) is 3.49. The van der Waals surface area contributed by atoms with Crippen molar-refractivity contribution in [2.24, 2.45) is 5.92 Å². The minimum atomic E-state index is -0.488. The molecule has 2 heterocycles. The Labute approximate surface area is 161 Å². The summed E-state index contributed by atoms with van der Waals surface area (Å²) >= 11 is 6.33. The van der Waals surface area contributed by atoms with Crippen molar-refractivity contribution in [3.05, 3.63) is 45.4 Å². The van der Waals surface area contributed by atoms with Crippen LogP contribution in [0.5, 0.6) is 0 Å². The molecule has 1 fully saturated rings. The minimum absolute atomic E-state index is 0.0604. The van der Waals surface area contributed by atoms with Gasteiger partial charge in [-0.3, -0.25) is 4.79 Å². The van der Waals surface area contributed by atoms with E-state index in [4.69, 9.17) is 17.3 Å². The van der Waals surface area contributed by atoms with Gasteiger partial charge in [0.15, 0.2) is 0 Å². The molecule has 0 radical (unpaired) electrons. The van der Waals surface area contributed by atoms with Crippen LogP contribution in [0.25, 0.3) is 11.1 Å². The first-order valence-electron chi connectivity index (χ1n) is 8.87. The second-order valence-electron chi connectivity index (χ2n) is 7.12. The summed E-state index contributed by atoms with van der Waals surface area (Å²) in [5.74, 6) is -0.230. The van der Waals surface area contributed by atoms with E-state index in [0.717, 1.165) is 12.8 Å². The number of carbonyl (C=O) groups is 1. The fraction of sp³-hybridized carbons (Fsp3) is 0.350. The Bertz CT molecular complexity index is 1010. The monoisotopic (exact) mass is 384 g/mol. The van der Waals surface area contributed by atoms with E-state index < -0.39 is 5.82 Å². The third-order valence-corrected chi connectivity index (χ3v) is 5.58. The van der Waals surface area contributed by atoms with Gasteiger partial charge in [0, 0.05) is 42.1 Å². The molecule has 138 valence electrons. The summed E-state index contributed by atoms with van der Waals surface area (Å²) in [4.78, 5) is 18.7. The molecule has 0 bridgehead atoms. The second kappa shape index (κ2) is 6.50. The van der Waals surface area contributed by atoms with Crippen LogP contribution in [-0.4, -0.2) is 22.3 Å². The van der Waals surface area contributed by atoms with Gasteiger partial charge in [-0.05, 0) is 31.4 Å². The topological polar surface area (TPSA) is 83.0 Å². The summed E-state index contributed by atoms with van der Waals surface area (Å²) in [6, 6.07) is 5.25. The van der Waals surface area contributed by atoms with Crippen molar-refractivity contribution in [1.29, 1.82) is 5.26 Å². The van der Waals surface area contributed by atoms with E-state index in [-0.39, 0.29) is 40.3 Å². The van der Waals surface area contributed by atoms with Gasteiger partial charge in [0.2, 0.25) is 5.91 Å². The maximum Gasteiger partial charge on any atom is 0.225 e. The van der Waals surface area contributed by atoms with E-state index in [1.165, 1.54) is 0 Å². The van der Waals surface area contributed by atoms with Crippen LogP contribution >= 0.6 is 11.6 Å². The molecule has 1 aliphatic carbocycles. The zero-order chi connectivity index (χ0) is 19.3. The Morgan fingerprint density at radius 2 is 2.15 bits per heavy atom. The SMILES string of the molecule is Cc1ccc(Cl)c(-c2c(C#N)c(N)nc3c2CN(C(=O)C2CC2)CC3)c1F. The van der Waals surface area contributed by atoms with E-state index in [1.807, 2.05) is 6.07 Å². The predicted octanol–water partition coefficient (Wildman–Crippen LogP) is 3.60. The second-order valence-corrected chi connectivity index (χ2v) is 7.53. The Kier molecular flexibility index (Phi) is 4.27. The Balaban J connectivity index is 1.94. The molecule has 7 heteroatoms. The van der Waals surface area contributed by atoms with E-state index in [9.17, 15) is 10.1 Å². The minimum Gasteiger partial charge on any atom is -0.383 e. The van der Waals surface area contributed by atoms with Crippen LogP contribution in [0.4, 0.5) is 10.2 Å². The smallest absolute Gasteiger partial charge is 0.225 e. The van der Waals surface area contributed by atoms with Crippen molar-refractivity contribution in [3.8, 4) is 17.2 Å². The molecular weight excluding hydrogens is 367 g/mol. The summed E-state index contributed by atoms with van der Waals surface area (Å²) in [5, 5.41) is 9.87. The highest BCUT2D eigenvalue weighted by atomic mass is 35.5. The Morgan fingerprint density at radius 3 is 2.81 bits per heavy atom. The normalized spacial score (nSPS) is 16.0. The number of nitrogens with zero attached hydrogens (tertiary/aromatic N) is 3. The molecule has 0 atom stereocenters. The summed E-state index contributed by atoms with van der Waals surface area (Å²) in [7, 11) is 0. The number of aromatic nitrogens is 1. The number of nitrogens with two attached hydrogens (primary N) is 1. The van der Waals surface area contributed by atoms with Gasteiger partial charge in [0.25, 0.3) is 0 Å². The third kappa shape index (κ3) is 2.92. The molecule has 1 saturated carbocycles. The van der Waals surface area contributed by atoms with Gasteiger partial charge in [0.1, 0.15) is 23.3 Å². The van der Waals surface area contributed by atoms with Gasteiger partial charge >= 0.3 is 0 Å². The average molecular weight is 385 g/mol. The Morgan fingerprint density at radius 1 is 1.41 bits per heavy atom. The van der Waals surface area contributed by atoms with Crippen LogP contribution in [0, 0.1) is 30.0 Å². The number of hydrogen-bond acceptors (Lipinski definition) is 4. The molecule has 0 spiro atoms. The van der Waals surface area contributed by atoms with Crippen molar-refractivity contribution in [2.75, 3.05) is 12.3 Å². The van der Waals surface area contributed by atoms with Crippen molar-refractivity contribution in [2.45, 2.75) is 32.7 Å². The van der Waals surface area contributed by atoms with E-state index >= 15 is 4.39 Å². The number of amides is 1. The molecule has 4 rings (SSSR count). The molecule has 5 nitrogen and oxygen atoms in total. The number of pyridine rings is 1. The highest BCUT2D eigenvalue weighted by molar-refractivity contribution is 6.33. The quantitative estimate of drug-likeness (QED) is 0.857. The lowest BCUT2D eigenvalue weighted by atomic mass is 9.90. The zero-order valence-corrected chi connectivity index (χ0v) is 15.6. The maximum absolute atomic E-state index is 15.0. The standard InChI is InChI=1S/C20H18ClFN4O/c1-10-2-5-14(21)17(18(10)22)16-12(8-23)19(24)25-15-6-7-26(9-13(15)16)20(27)11-3-4-11/h2,5,11H,3-4,6-7,9H2,1H3,(H2,24,25). The Hall–Kier alpha value is -2.65. The van der Waals surface area contributed by atoms with Gasteiger partial charge in [0.05, 0.1) is 10.7 Å². The van der Waals surface area contributed by atoms with E-state index in [2.05, 4.69) is 4.98 Å². The van der Waals surface area contributed by atoms with Crippen LogP contribution < -0.4 is 5.73 Å². The number of hydrogen-bond donors (Lipinski definition) is 1. The van der Waals surface area contributed by atoms with Crippen molar-refractivity contribution < 1.29 is 9.18 Å². The molecule has 0 saturated heterocycles. The molecule has 1 aliphatic heterocycles. The summed E-state index contributed by atoms with van der Waals surface area (Å²) < 4.78 is 15.0. The number of anilines is 1. The van der Waals surface area contributed by atoms with Crippen LogP contribution in [0.1, 0.15) is 35.2 Å². The molecular formula is C20H18ClFN4O. The van der Waals surface area contributed by atoms with Crippen molar-refractivity contribution >= 4 is 23.3 Å². The summed E-state index contributed by atoms with van der Waals surface area (Å²) in [6.07, 6.45) is 2.34. The molecule has 1 aromatic carbocycles.